The van der Waals surface area contributed by atoms with Gasteiger partial charge in [0, 0.05) is 29.7 Å². The molecule has 1 aliphatic heterocycles. The summed E-state index contributed by atoms with van der Waals surface area (Å²) in [6.07, 6.45) is 2.69. The van der Waals surface area contributed by atoms with Gasteiger partial charge in [-0.25, -0.2) is 0 Å². The van der Waals surface area contributed by atoms with Gasteiger partial charge in [0.2, 0.25) is 0 Å². The number of halogens is 1. The highest BCUT2D eigenvalue weighted by atomic mass is 79.9. The summed E-state index contributed by atoms with van der Waals surface area (Å²) in [5, 5.41) is 9.81. The molecule has 0 radical (unpaired) electrons. The van der Waals surface area contributed by atoms with E-state index < -0.39 is 0 Å². The number of rotatable bonds is 5. The molecule has 0 aliphatic carbocycles. The second-order valence-electron chi connectivity index (χ2n) is 5.06. The molecule has 0 bridgehead atoms. The molecule has 1 aromatic carbocycles. The summed E-state index contributed by atoms with van der Waals surface area (Å²) in [4.78, 5) is 4.77. The quantitative estimate of drug-likeness (QED) is 0.905. The molecule has 18 heavy (non-hydrogen) atoms. The number of nitrogens with zero attached hydrogens (tertiary/aromatic N) is 2. The van der Waals surface area contributed by atoms with E-state index in [0.717, 1.165) is 29.7 Å². The van der Waals surface area contributed by atoms with Crippen LogP contribution in [-0.4, -0.2) is 48.1 Å². The molecule has 1 N–H and O–H groups in total. The van der Waals surface area contributed by atoms with E-state index in [-0.39, 0.29) is 0 Å². The van der Waals surface area contributed by atoms with Gasteiger partial charge in [-0.2, -0.15) is 0 Å². The summed E-state index contributed by atoms with van der Waals surface area (Å²) in [6.45, 7) is 5.46. The summed E-state index contributed by atoms with van der Waals surface area (Å²) < 4.78 is 1.02. The van der Waals surface area contributed by atoms with E-state index in [4.69, 9.17) is 0 Å². The smallest absolute Gasteiger partial charge is 0.120 e. The number of hydrogen-bond donors (Lipinski definition) is 1. The SMILES string of the molecule is CN(CCN1CCCC1)Cc1cc(Br)ccc1O. The van der Waals surface area contributed by atoms with Crippen molar-refractivity contribution >= 4 is 15.9 Å². The number of hydrogen-bond acceptors (Lipinski definition) is 3. The lowest BCUT2D eigenvalue weighted by Gasteiger charge is -2.21. The van der Waals surface area contributed by atoms with Crippen molar-refractivity contribution in [3.63, 3.8) is 0 Å². The fourth-order valence-electron chi connectivity index (χ4n) is 2.37. The maximum Gasteiger partial charge on any atom is 0.120 e. The molecule has 0 saturated carbocycles. The third-order valence-corrected chi connectivity index (χ3v) is 3.97. The highest BCUT2D eigenvalue weighted by Crippen LogP contribution is 2.22. The topological polar surface area (TPSA) is 26.7 Å². The lowest BCUT2D eigenvalue weighted by Crippen LogP contribution is -2.31. The lowest BCUT2D eigenvalue weighted by molar-refractivity contribution is 0.250. The van der Waals surface area contributed by atoms with Crippen molar-refractivity contribution in [2.45, 2.75) is 19.4 Å². The highest BCUT2D eigenvalue weighted by molar-refractivity contribution is 9.10. The molecule has 1 aliphatic rings. The fourth-order valence-corrected chi connectivity index (χ4v) is 2.78. The van der Waals surface area contributed by atoms with E-state index in [2.05, 4.69) is 32.8 Å². The summed E-state index contributed by atoms with van der Waals surface area (Å²) in [7, 11) is 2.11. The van der Waals surface area contributed by atoms with E-state index in [0.29, 0.717) is 5.75 Å². The molecular formula is C14H21BrN2O. The Morgan fingerprint density at radius 2 is 2.06 bits per heavy atom. The molecule has 0 atom stereocenters. The number of likely N-dealkylation sites (tertiary alicyclic amines) is 1. The zero-order valence-electron chi connectivity index (χ0n) is 10.9. The van der Waals surface area contributed by atoms with Crippen molar-refractivity contribution in [2.24, 2.45) is 0 Å². The van der Waals surface area contributed by atoms with Gasteiger partial charge >= 0.3 is 0 Å². The zero-order valence-corrected chi connectivity index (χ0v) is 12.5. The zero-order chi connectivity index (χ0) is 13.0. The molecule has 1 saturated heterocycles. The van der Waals surface area contributed by atoms with Gasteiger partial charge in [-0.15, -0.1) is 0 Å². The van der Waals surface area contributed by atoms with Crippen LogP contribution in [0.15, 0.2) is 22.7 Å². The normalized spacial score (nSPS) is 16.6. The van der Waals surface area contributed by atoms with Crippen LogP contribution in [0.4, 0.5) is 0 Å². The predicted molar refractivity (Wildman–Crippen MR) is 77.8 cm³/mol. The molecule has 4 heteroatoms. The van der Waals surface area contributed by atoms with Gasteiger partial charge in [-0.3, -0.25) is 0 Å². The molecular weight excluding hydrogens is 292 g/mol. The van der Waals surface area contributed by atoms with Crippen molar-refractivity contribution in [3.8, 4) is 5.75 Å². The van der Waals surface area contributed by atoms with E-state index in [1.165, 1.54) is 25.9 Å². The van der Waals surface area contributed by atoms with E-state index in [1.807, 2.05) is 12.1 Å². The summed E-state index contributed by atoms with van der Waals surface area (Å²) >= 11 is 3.44. The number of phenols is 1. The molecule has 0 aromatic heterocycles. The van der Waals surface area contributed by atoms with Crippen molar-refractivity contribution in [1.82, 2.24) is 9.80 Å². The van der Waals surface area contributed by atoms with Crippen LogP contribution < -0.4 is 0 Å². The average Bonchev–Trinajstić information content (AvgIpc) is 2.84. The number of benzene rings is 1. The minimum Gasteiger partial charge on any atom is -0.508 e. The number of aromatic hydroxyl groups is 1. The minimum atomic E-state index is 0.381. The summed E-state index contributed by atoms with van der Waals surface area (Å²) in [5.74, 6) is 0.381. The highest BCUT2D eigenvalue weighted by Gasteiger charge is 2.12. The Kier molecular flexibility index (Phi) is 5.03. The number of phenolic OH excluding ortho intramolecular Hbond substituents is 1. The van der Waals surface area contributed by atoms with Gasteiger partial charge in [-0.05, 0) is 51.2 Å². The maximum absolute atomic E-state index is 9.81. The number of likely N-dealkylation sites (N-methyl/N-ethyl adjacent to an activating group) is 1. The minimum absolute atomic E-state index is 0.381. The predicted octanol–water partition coefficient (Wildman–Crippen LogP) is 2.68. The molecule has 2 rings (SSSR count). The standard InChI is InChI=1S/C14H21BrN2O/c1-16(8-9-17-6-2-3-7-17)11-12-10-13(15)4-5-14(12)18/h4-5,10,18H,2-3,6-9,11H2,1H3. The van der Waals surface area contributed by atoms with E-state index >= 15 is 0 Å². The average molecular weight is 313 g/mol. The largest absolute Gasteiger partial charge is 0.508 e. The lowest BCUT2D eigenvalue weighted by atomic mass is 10.2. The van der Waals surface area contributed by atoms with Crippen molar-refractivity contribution in [1.29, 1.82) is 0 Å². The third-order valence-electron chi connectivity index (χ3n) is 3.48. The molecule has 0 unspecified atom stereocenters. The molecule has 0 spiro atoms. The van der Waals surface area contributed by atoms with Crippen LogP contribution in [0, 0.1) is 0 Å². The Balaban J connectivity index is 1.82. The first-order chi connectivity index (χ1) is 8.65. The van der Waals surface area contributed by atoms with Gasteiger partial charge in [0.1, 0.15) is 5.75 Å². The molecule has 3 nitrogen and oxygen atoms in total. The molecule has 1 aromatic rings. The maximum atomic E-state index is 9.81. The Labute approximate surface area is 118 Å². The first kappa shape index (κ1) is 13.8. The van der Waals surface area contributed by atoms with Crippen LogP contribution in [0.3, 0.4) is 0 Å². The van der Waals surface area contributed by atoms with Crippen LogP contribution in [-0.2, 0) is 6.54 Å². The molecule has 100 valence electrons. The van der Waals surface area contributed by atoms with Gasteiger partial charge in [0.15, 0.2) is 0 Å². The summed E-state index contributed by atoms with van der Waals surface area (Å²) in [6, 6.07) is 5.60. The van der Waals surface area contributed by atoms with Gasteiger partial charge < -0.3 is 14.9 Å². The first-order valence-corrected chi connectivity index (χ1v) is 7.33. The van der Waals surface area contributed by atoms with E-state index in [9.17, 15) is 5.11 Å². The second kappa shape index (κ2) is 6.55. The molecule has 1 fully saturated rings. The summed E-state index contributed by atoms with van der Waals surface area (Å²) in [5.41, 5.74) is 0.980. The Morgan fingerprint density at radius 3 is 2.78 bits per heavy atom. The van der Waals surface area contributed by atoms with Gasteiger partial charge in [-0.1, -0.05) is 15.9 Å². The Morgan fingerprint density at radius 1 is 1.33 bits per heavy atom. The van der Waals surface area contributed by atoms with Crippen molar-refractivity contribution in [3.05, 3.63) is 28.2 Å². The fraction of sp³-hybridized carbons (Fsp3) is 0.571. The third kappa shape index (κ3) is 3.97. The van der Waals surface area contributed by atoms with Crippen molar-refractivity contribution < 1.29 is 5.11 Å². The second-order valence-corrected chi connectivity index (χ2v) is 5.98. The first-order valence-electron chi connectivity index (χ1n) is 6.53. The van der Waals surface area contributed by atoms with E-state index in [1.54, 1.807) is 6.07 Å². The Hall–Kier alpha value is -0.580. The molecule has 0 amide bonds. The van der Waals surface area contributed by atoms with Gasteiger partial charge in [0.25, 0.3) is 0 Å². The van der Waals surface area contributed by atoms with Gasteiger partial charge in [0.05, 0.1) is 0 Å². The van der Waals surface area contributed by atoms with Crippen LogP contribution in [0.1, 0.15) is 18.4 Å². The van der Waals surface area contributed by atoms with Crippen LogP contribution in [0.25, 0.3) is 0 Å². The Bertz CT molecular complexity index is 391. The van der Waals surface area contributed by atoms with Crippen LogP contribution in [0.5, 0.6) is 5.75 Å². The van der Waals surface area contributed by atoms with Crippen molar-refractivity contribution in [2.75, 3.05) is 33.2 Å². The monoisotopic (exact) mass is 312 g/mol. The van der Waals surface area contributed by atoms with Crippen LogP contribution in [0.2, 0.25) is 0 Å². The van der Waals surface area contributed by atoms with Crippen LogP contribution >= 0.6 is 15.9 Å². The molecule has 1 heterocycles.